The van der Waals surface area contributed by atoms with E-state index < -0.39 is 0 Å². The van der Waals surface area contributed by atoms with Gasteiger partial charge in [-0.15, -0.1) is 0 Å². The van der Waals surface area contributed by atoms with Crippen LogP contribution in [0, 0.1) is 6.92 Å². The molecule has 1 heterocycles. The van der Waals surface area contributed by atoms with Crippen LogP contribution in [0.15, 0.2) is 28.1 Å². The van der Waals surface area contributed by atoms with Crippen molar-refractivity contribution in [3.63, 3.8) is 0 Å². The van der Waals surface area contributed by atoms with E-state index in [1.54, 1.807) is 6.07 Å². The Hall–Kier alpha value is -1.73. The number of hydrogen-bond donors (Lipinski definition) is 2. The molecule has 0 fully saturated rings. The van der Waals surface area contributed by atoms with Gasteiger partial charge in [-0.05, 0) is 40.5 Å². The fourth-order valence-electron chi connectivity index (χ4n) is 1.47. The number of hydrogen-bond acceptors (Lipinski definition) is 4. The van der Waals surface area contributed by atoms with E-state index in [4.69, 9.17) is 0 Å². The minimum atomic E-state index is -0.326. The Kier molecular flexibility index (Phi) is 4.28. The highest BCUT2D eigenvalue weighted by atomic mass is 79.9. The third-order valence-corrected chi connectivity index (χ3v) is 3.90. The molecule has 1 aromatic carbocycles. The number of nitrogens with zero attached hydrogens (tertiary/aromatic N) is 1. The molecule has 2 N–H and O–H groups in total. The number of aromatic nitrogens is 1. The molecule has 5 nitrogen and oxygen atoms in total. The monoisotopic (exact) mass is 339 g/mol. The largest absolute Gasteiger partial charge is 0.321 e. The number of nitrogens with one attached hydrogen (secondary N) is 2. The van der Waals surface area contributed by atoms with Crippen LogP contribution >= 0.6 is 27.3 Å². The molecule has 1 aromatic heterocycles. The van der Waals surface area contributed by atoms with E-state index in [1.807, 2.05) is 25.1 Å². The summed E-state index contributed by atoms with van der Waals surface area (Å²) in [6, 6.07) is 7.47. The Balaban J connectivity index is 2.18. The smallest absolute Gasteiger partial charge is 0.276 e. The number of carbonyl (C=O) groups is 2. The second kappa shape index (κ2) is 5.94. The lowest BCUT2D eigenvalue weighted by Crippen LogP contribution is -2.13. The SMILES string of the molecule is Cc1cccc(NC(=O)c2nc(NC=O)sc2Br)c1. The van der Waals surface area contributed by atoms with E-state index in [2.05, 4.69) is 31.5 Å². The van der Waals surface area contributed by atoms with Gasteiger partial charge in [-0.3, -0.25) is 9.59 Å². The first kappa shape index (κ1) is 13.7. The number of carbonyl (C=O) groups excluding carboxylic acids is 2. The maximum atomic E-state index is 12.1. The zero-order valence-corrected chi connectivity index (χ0v) is 12.3. The van der Waals surface area contributed by atoms with Gasteiger partial charge in [0, 0.05) is 5.69 Å². The van der Waals surface area contributed by atoms with E-state index in [-0.39, 0.29) is 11.6 Å². The quantitative estimate of drug-likeness (QED) is 0.841. The van der Waals surface area contributed by atoms with E-state index in [1.165, 1.54) is 11.3 Å². The standard InChI is InChI=1S/C12H10BrN3O2S/c1-7-3-2-4-8(5-7)15-11(18)9-10(13)19-12(16-9)14-6-17/h2-6H,1H3,(H,15,18)(H,14,16,17). The average molecular weight is 340 g/mol. The molecule has 0 aliphatic rings. The lowest BCUT2D eigenvalue weighted by atomic mass is 10.2. The van der Waals surface area contributed by atoms with Crippen molar-refractivity contribution >= 4 is 50.4 Å². The molecule has 98 valence electrons. The predicted molar refractivity (Wildman–Crippen MR) is 78.6 cm³/mol. The minimum Gasteiger partial charge on any atom is -0.321 e. The van der Waals surface area contributed by atoms with Crippen LogP contribution in [0.1, 0.15) is 16.1 Å². The zero-order chi connectivity index (χ0) is 13.8. The molecule has 0 atom stereocenters. The molecule has 2 amide bonds. The number of thiazole rings is 1. The number of rotatable bonds is 4. The van der Waals surface area contributed by atoms with E-state index in [0.717, 1.165) is 5.56 Å². The highest BCUT2D eigenvalue weighted by Gasteiger charge is 2.16. The summed E-state index contributed by atoms with van der Waals surface area (Å²) in [6.07, 6.45) is 0.521. The van der Waals surface area contributed by atoms with Crippen molar-refractivity contribution in [3.05, 3.63) is 39.3 Å². The van der Waals surface area contributed by atoms with Crippen LogP contribution in [0.3, 0.4) is 0 Å². The first-order valence-electron chi connectivity index (χ1n) is 5.34. The van der Waals surface area contributed by atoms with E-state index >= 15 is 0 Å². The van der Waals surface area contributed by atoms with Crippen molar-refractivity contribution in [2.24, 2.45) is 0 Å². The summed E-state index contributed by atoms with van der Waals surface area (Å²) in [7, 11) is 0. The van der Waals surface area contributed by atoms with Gasteiger partial charge in [-0.1, -0.05) is 23.5 Å². The maximum Gasteiger partial charge on any atom is 0.276 e. The molecule has 0 saturated heterocycles. The normalized spacial score (nSPS) is 10.0. The van der Waals surface area contributed by atoms with Crippen molar-refractivity contribution in [2.45, 2.75) is 6.92 Å². The summed E-state index contributed by atoms with van der Waals surface area (Å²) in [5, 5.41) is 5.54. The summed E-state index contributed by atoms with van der Waals surface area (Å²) in [6.45, 7) is 1.94. The van der Waals surface area contributed by atoms with Crippen LogP contribution in [-0.2, 0) is 4.79 Å². The van der Waals surface area contributed by atoms with Crippen molar-refractivity contribution in [3.8, 4) is 0 Å². The van der Waals surface area contributed by atoms with Crippen molar-refractivity contribution < 1.29 is 9.59 Å². The Bertz CT molecular complexity index is 627. The predicted octanol–water partition coefficient (Wildman–Crippen LogP) is 3.03. The van der Waals surface area contributed by atoms with Gasteiger partial charge in [0.2, 0.25) is 6.41 Å². The van der Waals surface area contributed by atoms with Gasteiger partial charge in [-0.25, -0.2) is 4.98 Å². The molecular weight excluding hydrogens is 330 g/mol. The molecule has 2 aromatic rings. The fourth-order valence-corrected chi connectivity index (χ4v) is 2.84. The van der Waals surface area contributed by atoms with Gasteiger partial charge < -0.3 is 10.6 Å². The van der Waals surface area contributed by atoms with Crippen LogP contribution in [0.5, 0.6) is 0 Å². The fraction of sp³-hybridized carbons (Fsp3) is 0.0833. The molecular formula is C12H10BrN3O2S. The molecule has 19 heavy (non-hydrogen) atoms. The average Bonchev–Trinajstić information content (AvgIpc) is 2.71. The second-order valence-corrected chi connectivity index (χ2v) is 6.04. The summed E-state index contributed by atoms with van der Waals surface area (Å²) < 4.78 is 0.571. The molecule has 0 radical (unpaired) electrons. The van der Waals surface area contributed by atoms with Crippen LogP contribution in [0.25, 0.3) is 0 Å². The Morgan fingerprint density at radius 1 is 1.47 bits per heavy atom. The van der Waals surface area contributed by atoms with Gasteiger partial charge in [-0.2, -0.15) is 0 Å². The zero-order valence-electron chi connectivity index (χ0n) is 9.94. The van der Waals surface area contributed by atoms with Crippen LogP contribution in [-0.4, -0.2) is 17.3 Å². The van der Waals surface area contributed by atoms with Gasteiger partial charge in [0.1, 0.15) is 3.79 Å². The van der Waals surface area contributed by atoms with E-state index in [9.17, 15) is 9.59 Å². The molecule has 0 saturated carbocycles. The lowest BCUT2D eigenvalue weighted by Gasteiger charge is -2.04. The van der Waals surface area contributed by atoms with E-state index in [0.29, 0.717) is 21.0 Å². The summed E-state index contributed by atoms with van der Waals surface area (Å²) >= 11 is 4.44. The Labute approximate surface area is 122 Å². The molecule has 0 spiro atoms. The van der Waals surface area contributed by atoms with Crippen molar-refractivity contribution in [1.29, 1.82) is 0 Å². The Morgan fingerprint density at radius 2 is 2.26 bits per heavy atom. The second-order valence-electron chi connectivity index (χ2n) is 3.73. The number of amides is 2. The summed E-state index contributed by atoms with van der Waals surface area (Å²) in [5.41, 5.74) is 2.00. The maximum absolute atomic E-state index is 12.1. The first-order valence-corrected chi connectivity index (χ1v) is 6.95. The number of halogens is 1. The Morgan fingerprint density at radius 3 is 2.95 bits per heavy atom. The lowest BCUT2D eigenvalue weighted by molar-refractivity contribution is -0.105. The highest BCUT2D eigenvalue weighted by Crippen LogP contribution is 2.28. The molecule has 0 aliphatic carbocycles. The molecule has 0 bridgehead atoms. The molecule has 0 aliphatic heterocycles. The van der Waals surface area contributed by atoms with Gasteiger partial charge in [0.05, 0.1) is 0 Å². The molecule has 7 heteroatoms. The molecule has 2 rings (SSSR count). The summed E-state index contributed by atoms with van der Waals surface area (Å²) in [4.78, 5) is 26.4. The topological polar surface area (TPSA) is 71.1 Å². The summed E-state index contributed by atoms with van der Waals surface area (Å²) in [5.74, 6) is -0.326. The van der Waals surface area contributed by atoms with Crippen LogP contribution < -0.4 is 10.6 Å². The van der Waals surface area contributed by atoms with Gasteiger partial charge in [0.25, 0.3) is 5.91 Å². The number of benzene rings is 1. The van der Waals surface area contributed by atoms with Crippen LogP contribution in [0.4, 0.5) is 10.8 Å². The molecule has 0 unspecified atom stereocenters. The van der Waals surface area contributed by atoms with Gasteiger partial charge >= 0.3 is 0 Å². The minimum absolute atomic E-state index is 0.246. The van der Waals surface area contributed by atoms with Crippen molar-refractivity contribution in [2.75, 3.05) is 10.6 Å². The van der Waals surface area contributed by atoms with Crippen molar-refractivity contribution in [1.82, 2.24) is 4.98 Å². The van der Waals surface area contributed by atoms with Gasteiger partial charge in [0.15, 0.2) is 10.8 Å². The van der Waals surface area contributed by atoms with Crippen LogP contribution in [0.2, 0.25) is 0 Å². The third-order valence-electron chi connectivity index (χ3n) is 2.26. The highest BCUT2D eigenvalue weighted by molar-refractivity contribution is 9.11. The third kappa shape index (κ3) is 3.39. The number of aryl methyl sites for hydroxylation is 1. The first-order chi connectivity index (χ1) is 9.10. The number of anilines is 2.